The van der Waals surface area contributed by atoms with Crippen molar-refractivity contribution in [2.45, 2.75) is 64.1 Å². The lowest BCUT2D eigenvalue weighted by Gasteiger charge is -2.26. The Hall–Kier alpha value is -2.51. The van der Waals surface area contributed by atoms with Crippen molar-refractivity contribution in [1.29, 1.82) is 0 Å². The van der Waals surface area contributed by atoms with Crippen LogP contribution in [0.1, 0.15) is 44.6 Å². The molecule has 0 radical (unpaired) electrons. The summed E-state index contributed by atoms with van der Waals surface area (Å²) in [6.07, 6.45) is 7.44. The maximum atomic E-state index is 13.5. The zero-order valence-electron chi connectivity index (χ0n) is 20.4. The van der Waals surface area contributed by atoms with E-state index in [4.69, 9.17) is 27.9 Å². The number of alkyl carbamates (subject to hydrolysis) is 1. The second kappa shape index (κ2) is 10.9. The monoisotopic (exact) mass is 532 g/mol. The van der Waals surface area contributed by atoms with E-state index < -0.39 is 6.09 Å². The van der Waals surface area contributed by atoms with Gasteiger partial charge in [-0.15, -0.1) is 0 Å². The molecule has 1 saturated carbocycles. The van der Waals surface area contributed by atoms with Crippen LogP contribution in [0.2, 0.25) is 10.0 Å². The second-order valence-electron chi connectivity index (χ2n) is 10.1. The average molecular weight is 533 g/mol. The molecule has 2 heterocycles. The third kappa shape index (κ3) is 5.73. The molecule has 36 heavy (non-hydrogen) atoms. The van der Waals surface area contributed by atoms with E-state index in [2.05, 4.69) is 15.2 Å². The summed E-state index contributed by atoms with van der Waals surface area (Å²) in [6.45, 7) is 3.90. The SMILES string of the molecule is C[C@@H](CN1CCc2cc(F)ccc21)NC(=O)O[C@@H](CC1CCCC1)Cn1cnc2cc(Cl)c(Cl)cc21. The molecule has 3 aromatic rings. The number of anilines is 1. The van der Waals surface area contributed by atoms with Crippen LogP contribution in [0.5, 0.6) is 0 Å². The zero-order valence-corrected chi connectivity index (χ0v) is 21.9. The number of benzene rings is 2. The summed E-state index contributed by atoms with van der Waals surface area (Å²) in [5.74, 6) is 0.337. The van der Waals surface area contributed by atoms with Gasteiger partial charge in [-0.2, -0.15) is 0 Å². The largest absolute Gasteiger partial charge is 0.444 e. The Bertz CT molecular complexity index is 1240. The first-order chi connectivity index (χ1) is 17.4. The molecule has 1 aliphatic carbocycles. The fourth-order valence-electron chi connectivity index (χ4n) is 5.59. The minimum atomic E-state index is -0.422. The lowest BCUT2D eigenvalue weighted by Crippen LogP contribution is -2.43. The van der Waals surface area contributed by atoms with Gasteiger partial charge in [-0.25, -0.2) is 14.2 Å². The first-order valence-electron chi connectivity index (χ1n) is 12.7. The van der Waals surface area contributed by atoms with Crippen molar-refractivity contribution in [3.05, 3.63) is 58.1 Å². The predicted molar refractivity (Wildman–Crippen MR) is 142 cm³/mol. The number of rotatable bonds is 8. The number of halogens is 3. The van der Waals surface area contributed by atoms with Crippen LogP contribution in [0.15, 0.2) is 36.7 Å². The van der Waals surface area contributed by atoms with Crippen molar-refractivity contribution in [2.24, 2.45) is 5.92 Å². The Morgan fingerprint density at radius 3 is 2.78 bits per heavy atom. The molecule has 1 aliphatic heterocycles. The number of fused-ring (bicyclic) bond motifs is 2. The number of hydrogen-bond donors (Lipinski definition) is 1. The van der Waals surface area contributed by atoms with Gasteiger partial charge < -0.3 is 19.5 Å². The summed E-state index contributed by atoms with van der Waals surface area (Å²) in [5, 5.41) is 3.93. The van der Waals surface area contributed by atoms with E-state index in [9.17, 15) is 9.18 Å². The molecule has 1 fully saturated rings. The van der Waals surface area contributed by atoms with Gasteiger partial charge in [-0.3, -0.25) is 0 Å². The number of imidazole rings is 1. The van der Waals surface area contributed by atoms with Crippen molar-refractivity contribution in [1.82, 2.24) is 14.9 Å². The molecule has 192 valence electrons. The Kier molecular flexibility index (Phi) is 7.58. The van der Waals surface area contributed by atoms with Crippen LogP contribution in [0.3, 0.4) is 0 Å². The van der Waals surface area contributed by atoms with Gasteiger partial charge in [0.25, 0.3) is 0 Å². The van der Waals surface area contributed by atoms with Gasteiger partial charge in [0.1, 0.15) is 11.9 Å². The highest BCUT2D eigenvalue weighted by atomic mass is 35.5. The zero-order chi connectivity index (χ0) is 25.2. The number of hydrogen-bond acceptors (Lipinski definition) is 4. The number of carbonyl (C=O) groups is 1. The minimum Gasteiger partial charge on any atom is -0.444 e. The van der Waals surface area contributed by atoms with E-state index in [0.717, 1.165) is 41.7 Å². The molecule has 0 saturated heterocycles. The minimum absolute atomic E-state index is 0.129. The van der Waals surface area contributed by atoms with Gasteiger partial charge in [0, 0.05) is 24.8 Å². The van der Waals surface area contributed by atoms with Crippen molar-refractivity contribution in [2.75, 3.05) is 18.0 Å². The van der Waals surface area contributed by atoms with Crippen molar-refractivity contribution >= 4 is 46.0 Å². The van der Waals surface area contributed by atoms with Gasteiger partial charge in [0.2, 0.25) is 0 Å². The lowest BCUT2D eigenvalue weighted by atomic mass is 10.00. The standard InChI is InChI=1S/C27H31Cl2FN4O2/c1-17(14-33-9-8-19-11-20(30)6-7-25(19)33)32-27(35)36-21(10-18-4-2-3-5-18)15-34-16-31-24-12-22(28)23(29)13-26(24)34/h6-7,11-13,16-18,21H,2-5,8-10,14-15H2,1H3,(H,32,35)/t17-,21-/m0/s1. The van der Waals surface area contributed by atoms with Crippen LogP contribution in [0, 0.1) is 11.7 Å². The molecule has 1 amide bonds. The van der Waals surface area contributed by atoms with Gasteiger partial charge in [0.15, 0.2) is 0 Å². The fraction of sp³-hybridized carbons (Fsp3) is 0.481. The Balaban J connectivity index is 1.23. The summed E-state index contributed by atoms with van der Waals surface area (Å²) in [7, 11) is 0. The van der Waals surface area contributed by atoms with Crippen LogP contribution < -0.4 is 10.2 Å². The third-order valence-corrected chi connectivity index (χ3v) is 8.02. The van der Waals surface area contributed by atoms with Crippen LogP contribution >= 0.6 is 23.2 Å². The van der Waals surface area contributed by atoms with Gasteiger partial charge in [-0.05, 0) is 61.6 Å². The number of amides is 1. The lowest BCUT2D eigenvalue weighted by molar-refractivity contribution is 0.0711. The molecule has 0 bridgehead atoms. The number of nitrogens with one attached hydrogen (secondary N) is 1. The molecule has 6 nitrogen and oxygen atoms in total. The molecule has 5 rings (SSSR count). The van der Waals surface area contributed by atoms with E-state index in [-0.39, 0.29) is 18.0 Å². The first-order valence-corrected chi connectivity index (χ1v) is 13.4. The number of aromatic nitrogens is 2. The molecule has 1 aromatic heterocycles. The summed E-state index contributed by atoms with van der Waals surface area (Å²) >= 11 is 12.4. The summed E-state index contributed by atoms with van der Waals surface area (Å²) < 4.78 is 21.5. The summed E-state index contributed by atoms with van der Waals surface area (Å²) in [4.78, 5) is 19.6. The van der Waals surface area contributed by atoms with E-state index in [1.807, 2.05) is 17.6 Å². The molecule has 9 heteroatoms. The van der Waals surface area contributed by atoms with Crippen molar-refractivity contribution in [3.63, 3.8) is 0 Å². The number of carbonyl (C=O) groups excluding carboxylic acids is 1. The van der Waals surface area contributed by atoms with E-state index >= 15 is 0 Å². The molecule has 1 N–H and O–H groups in total. The predicted octanol–water partition coefficient (Wildman–Crippen LogP) is 6.61. The third-order valence-electron chi connectivity index (χ3n) is 7.30. The normalized spacial score (nSPS) is 17.4. The number of nitrogens with zero attached hydrogens (tertiary/aromatic N) is 3. The average Bonchev–Trinajstić information content (AvgIpc) is 3.56. The van der Waals surface area contributed by atoms with Crippen LogP contribution in [-0.4, -0.2) is 40.9 Å². The van der Waals surface area contributed by atoms with E-state index in [1.54, 1.807) is 24.5 Å². The molecule has 2 aromatic carbocycles. The molecule has 2 aliphatic rings. The topological polar surface area (TPSA) is 59.4 Å². The van der Waals surface area contributed by atoms with E-state index in [1.165, 1.54) is 31.7 Å². The Labute approximate surface area is 220 Å². The smallest absolute Gasteiger partial charge is 0.407 e. The van der Waals surface area contributed by atoms with Gasteiger partial charge in [-0.1, -0.05) is 48.9 Å². The first kappa shape index (κ1) is 25.2. The molecule has 2 atom stereocenters. The molecule has 0 unspecified atom stereocenters. The summed E-state index contributed by atoms with van der Waals surface area (Å²) in [5.41, 5.74) is 3.66. The Morgan fingerprint density at radius 2 is 1.97 bits per heavy atom. The maximum absolute atomic E-state index is 13.5. The van der Waals surface area contributed by atoms with Gasteiger partial charge >= 0.3 is 6.09 Å². The molecular formula is C27H31Cl2FN4O2. The van der Waals surface area contributed by atoms with Crippen LogP contribution in [0.4, 0.5) is 14.9 Å². The fourth-order valence-corrected chi connectivity index (χ4v) is 5.90. The molecular weight excluding hydrogens is 502 g/mol. The van der Waals surface area contributed by atoms with E-state index in [0.29, 0.717) is 29.1 Å². The van der Waals surface area contributed by atoms with Gasteiger partial charge in [0.05, 0.1) is 34.0 Å². The van der Waals surface area contributed by atoms with Crippen LogP contribution in [0.25, 0.3) is 11.0 Å². The Morgan fingerprint density at radius 1 is 1.19 bits per heavy atom. The van der Waals surface area contributed by atoms with Crippen molar-refractivity contribution < 1.29 is 13.9 Å². The highest BCUT2D eigenvalue weighted by Gasteiger charge is 2.26. The quantitative estimate of drug-likeness (QED) is 0.354. The number of ether oxygens (including phenoxy) is 1. The highest BCUT2D eigenvalue weighted by Crippen LogP contribution is 2.32. The van der Waals surface area contributed by atoms with Crippen LogP contribution in [-0.2, 0) is 17.7 Å². The molecule has 0 spiro atoms. The highest BCUT2D eigenvalue weighted by molar-refractivity contribution is 6.42. The van der Waals surface area contributed by atoms with Crippen molar-refractivity contribution in [3.8, 4) is 0 Å². The second-order valence-corrected chi connectivity index (χ2v) is 10.9. The summed E-state index contributed by atoms with van der Waals surface area (Å²) in [6, 6.07) is 8.32. The maximum Gasteiger partial charge on any atom is 0.407 e.